The van der Waals surface area contributed by atoms with Crippen LogP contribution in [-0.4, -0.2) is 19.2 Å². The lowest BCUT2D eigenvalue weighted by Crippen LogP contribution is -2.05. The lowest BCUT2D eigenvalue weighted by Gasteiger charge is -2.05. The molecule has 1 aromatic rings. The molecule has 16 heavy (non-hydrogen) atoms. The smallest absolute Gasteiger partial charge is 0.373 e. The van der Waals surface area contributed by atoms with Gasteiger partial charge in [0, 0.05) is 0 Å². The first-order valence-electron chi connectivity index (χ1n) is 5.13. The Morgan fingerprint density at radius 2 is 2.00 bits per heavy atom. The topological polar surface area (TPSA) is 44.8 Å². The van der Waals surface area contributed by atoms with E-state index in [-0.39, 0.29) is 6.61 Å². The predicted octanol–water partition coefficient (Wildman–Crippen LogP) is 2.40. The Bertz CT molecular complexity index is 318. The molecular formula is C12H15O4. The third-order valence-electron chi connectivity index (χ3n) is 1.78. The molecule has 0 aromatic heterocycles. The number of hydrogen-bond acceptors (Lipinski definition) is 4. The van der Waals surface area contributed by atoms with Gasteiger partial charge in [0.05, 0.1) is 18.8 Å². The normalized spacial score (nSPS) is 9.88. The first-order chi connectivity index (χ1) is 7.77. The van der Waals surface area contributed by atoms with Gasteiger partial charge in [0.1, 0.15) is 5.75 Å². The molecule has 0 heterocycles. The highest BCUT2D eigenvalue weighted by Gasteiger charge is 2.07. The quantitative estimate of drug-likeness (QED) is 0.548. The Hall–Kier alpha value is -1.55. The van der Waals surface area contributed by atoms with Crippen molar-refractivity contribution in [2.75, 3.05) is 13.2 Å². The molecule has 0 aliphatic rings. The molecular weight excluding hydrogens is 208 g/mol. The highest BCUT2D eigenvalue weighted by Crippen LogP contribution is 2.13. The summed E-state index contributed by atoms with van der Waals surface area (Å²) in [6.07, 6.45) is 0.946. The van der Waals surface area contributed by atoms with Gasteiger partial charge in [0.2, 0.25) is 0 Å². The Kier molecular flexibility index (Phi) is 5.36. The van der Waals surface area contributed by atoms with Crippen molar-refractivity contribution in [3.05, 3.63) is 36.8 Å². The Morgan fingerprint density at radius 3 is 2.56 bits per heavy atom. The highest BCUT2D eigenvalue weighted by molar-refractivity contribution is 5.89. The molecule has 4 heteroatoms. The minimum absolute atomic E-state index is 0.0867. The standard InChI is InChI=1S/C12H15O4/c1-3-9-14-11-7-5-10(6-8-11)12(13)16-15-4-2/h5-8H,2-4,9H2,1H3. The fourth-order valence-electron chi connectivity index (χ4n) is 1.05. The summed E-state index contributed by atoms with van der Waals surface area (Å²) in [6, 6.07) is 6.69. The molecule has 1 rings (SSSR count). The molecule has 0 bridgehead atoms. The fourth-order valence-corrected chi connectivity index (χ4v) is 1.05. The molecule has 0 aliphatic heterocycles. The number of carbonyl (C=O) groups excluding carboxylic acids is 1. The van der Waals surface area contributed by atoms with Crippen LogP contribution in [-0.2, 0) is 9.78 Å². The first kappa shape index (κ1) is 12.5. The van der Waals surface area contributed by atoms with Crippen molar-refractivity contribution in [3.63, 3.8) is 0 Å². The summed E-state index contributed by atoms with van der Waals surface area (Å²) >= 11 is 0. The van der Waals surface area contributed by atoms with Gasteiger partial charge >= 0.3 is 5.97 Å². The van der Waals surface area contributed by atoms with Gasteiger partial charge in [-0.2, -0.15) is 4.89 Å². The van der Waals surface area contributed by atoms with E-state index in [9.17, 15) is 4.79 Å². The maximum Gasteiger partial charge on any atom is 0.373 e. The lowest BCUT2D eigenvalue weighted by atomic mass is 10.2. The summed E-state index contributed by atoms with van der Waals surface area (Å²) in [5, 5.41) is 0. The maximum absolute atomic E-state index is 11.3. The van der Waals surface area contributed by atoms with Crippen LogP contribution in [0, 0.1) is 6.92 Å². The number of hydrogen-bond donors (Lipinski definition) is 0. The zero-order chi connectivity index (χ0) is 11.8. The second-order valence-corrected chi connectivity index (χ2v) is 3.07. The Balaban J connectivity index is 2.53. The van der Waals surface area contributed by atoms with Crippen molar-refractivity contribution in [1.82, 2.24) is 0 Å². The number of ether oxygens (including phenoxy) is 1. The van der Waals surface area contributed by atoms with Gasteiger partial charge in [0.15, 0.2) is 0 Å². The zero-order valence-electron chi connectivity index (χ0n) is 9.27. The molecule has 4 nitrogen and oxygen atoms in total. The SMILES string of the molecule is [CH2]COOC(=O)c1ccc(OCCC)cc1. The molecule has 1 radical (unpaired) electrons. The van der Waals surface area contributed by atoms with Crippen molar-refractivity contribution in [3.8, 4) is 5.75 Å². The molecule has 0 unspecified atom stereocenters. The van der Waals surface area contributed by atoms with Crippen molar-refractivity contribution in [2.45, 2.75) is 13.3 Å². The van der Waals surface area contributed by atoms with Crippen molar-refractivity contribution in [1.29, 1.82) is 0 Å². The predicted molar refractivity (Wildman–Crippen MR) is 59.0 cm³/mol. The van der Waals surface area contributed by atoms with E-state index in [0.29, 0.717) is 12.2 Å². The monoisotopic (exact) mass is 223 g/mol. The van der Waals surface area contributed by atoms with Crippen LogP contribution < -0.4 is 4.74 Å². The summed E-state index contributed by atoms with van der Waals surface area (Å²) in [4.78, 5) is 20.2. The maximum atomic E-state index is 11.3. The van der Waals surface area contributed by atoms with Gasteiger partial charge in [-0.25, -0.2) is 4.79 Å². The lowest BCUT2D eigenvalue weighted by molar-refractivity contribution is -0.232. The molecule has 87 valence electrons. The van der Waals surface area contributed by atoms with E-state index in [1.54, 1.807) is 24.3 Å². The van der Waals surface area contributed by atoms with Gasteiger partial charge in [-0.3, -0.25) is 4.89 Å². The van der Waals surface area contributed by atoms with E-state index < -0.39 is 5.97 Å². The van der Waals surface area contributed by atoms with E-state index >= 15 is 0 Å². The van der Waals surface area contributed by atoms with Gasteiger partial charge < -0.3 is 4.74 Å². The van der Waals surface area contributed by atoms with Crippen LogP contribution in [0.15, 0.2) is 24.3 Å². The van der Waals surface area contributed by atoms with Gasteiger partial charge in [0.25, 0.3) is 0 Å². The molecule has 0 spiro atoms. The van der Waals surface area contributed by atoms with Crippen LogP contribution in [0.5, 0.6) is 5.75 Å². The van der Waals surface area contributed by atoms with E-state index in [4.69, 9.17) is 4.74 Å². The molecule has 0 aliphatic carbocycles. The third-order valence-corrected chi connectivity index (χ3v) is 1.78. The van der Waals surface area contributed by atoms with Crippen LogP contribution in [0.4, 0.5) is 0 Å². The van der Waals surface area contributed by atoms with Crippen molar-refractivity contribution in [2.24, 2.45) is 0 Å². The van der Waals surface area contributed by atoms with Crippen LogP contribution in [0.2, 0.25) is 0 Å². The molecule has 0 atom stereocenters. The number of rotatable bonds is 6. The summed E-state index contributed by atoms with van der Waals surface area (Å²) < 4.78 is 5.38. The number of carbonyl (C=O) groups is 1. The second-order valence-electron chi connectivity index (χ2n) is 3.07. The van der Waals surface area contributed by atoms with E-state index in [2.05, 4.69) is 16.7 Å². The minimum Gasteiger partial charge on any atom is -0.494 e. The van der Waals surface area contributed by atoms with Crippen molar-refractivity contribution >= 4 is 5.97 Å². The first-order valence-corrected chi connectivity index (χ1v) is 5.13. The molecule has 0 amide bonds. The molecule has 0 fully saturated rings. The molecule has 0 N–H and O–H groups in total. The average Bonchev–Trinajstić information content (AvgIpc) is 2.34. The van der Waals surface area contributed by atoms with Crippen LogP contribution >= 0.6 is 0 Å². The van der Waals surface area contributed by atoms with E-state index in [1.807, 2.05) is 6.92 Å². The van der Waals surface area contributed by atoms with Gasteiger partial charge in [-0.05, 0) is 37.6 Å². The Morgan fingerprint density at radius 1 is 1.31 bits per heavy atom. The second kappa shape index (κ2) is 6.85. The number of benzene rings is 1. The van der Waals surface area contributed by atoms with E-state index in [0.717, 1.165) is 12.2 Å². The molecule has 0 saturated heterocycles. The Labute approximate surface area is 95.1 Å². The highest BCUT2D eigenvalue weighted by atomic mass is 17.2. The van der Waals surface area contributed by atoms with Gasteiger partial charge in [-0.15, -0.1) is 0 Å². The van der Waals surface area contributed by atoms with Crippen molar-refractivity contribution < 1.29 is 19.3 Å². The summed E-state index contributed by atoms with van der Waals surface area (Å²) in [5.74, 6) is 0.196. The molecule has 1 aromatic carbocycles. The summed E-state index contributed by atoms with van der Waals surface area (Å²) in [7, 11) is 0. The van der Waals surface area contributed by atoms with Crippen LogP contribution in [0.25, 0.3) is 0 Å². The summed E-state index contributed by atoms with van der Waals surface area (Å²) in [5.41, 5.74) is 0.414. The third kappa shape index (κ3) is 3.90. The average molecular weight is 223 g/mol. The van der Waals surface area contributed by atoms with Crippen LogP contribution in [0.1, 0.15) is 23.7 Å². The fraction of sp³-hybridized carbons (Fsp3) is 0.333. The minimum atomic E-state index is -0.536. The largest absolute Gasteiger partial charge is 0.494 e. The van der Waals surface area contributed by atoms with Gasteiger partial charge in [-0.1, -0.05) is 6.92 Å². The zero-order valence-corrected chi connectivity index (χ0v) is 9.27. The van der Waals surface area contributed by atoms with E-state index in [1.165, 1.54) is 0 Å². The van der Waals surface area contributed by atoms with Crippen LogP contribution in [0.3, 0.4) is 0 Å². The summed E-state index contributed by atoms with van der Waals surface area (Å²) in [6.45, 7) is 6.16. The molecule has 0 saturated carbocycles.